The second-order valence-corrected chi connectivity index (χ2v) is 4.48. The minimum absolute atomic E-state index is 0.590. The molecular weight excluding hydrogens is 186 g/mol. The van der Waals surface area contributed by atoms with Crippen LogP contribution in [0.15, 0.2) is 18.3 Å². The molecule has 3 nitrogen and oxygen atoms in total. The lowest BCUT2D eigenvalue weighted by Gasteiger charge is -2.21. The van der Waals surface area contributed by atoms with E-state index in [1.165, 1.54) is 24.9 Å². The molecule has 82 valence electrons. The fourth-order valence-electron chi connectivity index (χ4n) is 2.22. The van der Waals surface area contributed by atoms with Crippen LogP contribution in [0.4, 0.5) is 5.82 Å². The first kappa shape index (κ1) is 10.4. The molecule has 1 aromatic rings. The van der Waals surface area contributed by atoms with Gasteiger partial charge in [0.2, 0.25) is 0 Å². The highest BCUT2D eigenvalue weighted by atomic mass is 15.2. The van der Waals surface area contributed by atoms with Crippen LogP contribution in [0.25, 0.3) is 0 Å². The van der Waals surface area contributed by atoms with Crippen molar-refractivity contribution in [3.63, 3.8) is 0 Å². The summed E-state index contributed by atoms with van der Waals surface area (Å²) in [5.74, 6) is 1.05. The van der Waals surface area contributed by atoms with Crippen molar-refractivity contribution in [2.24, 2.45) is 0 Å². The molecule has 0 spiro atoms. The molecule has 1 atom stereocenters. The Morgan fingerprint density at radius 3 is 2.87 bits per heavy atom. The fraction of sp³-hybridized carbons (Fsp3) is 0.583. The van der Waals surface area contributed by atoms with Crippen LogP contribution in [0, 0.1) is 0 Å². The molecule has 2 heterocycles. The van der Waals surface area contributed by atoms with Gasteiger partial charge in [0.05, 0.1) is 0 Å². The molecule has 0 N–H and O–H groups in total. The van der Waals surface area contributed by atoms with E-state index in [9.17, 15) is 0 Å². The summed E-state index contributed by atoms with van der Waals surface area (Å²) >= 11 is 0. The first-order valence-electron chi connectivity index (χ1n) is 5.52. The monoisotopic (exact) mass is 205 g/mol. The molecular formula is C12H19N3. The van der Waals surface area contributed by atoms with Crippen LogP contribution in [-0.2, 0) is 0 Å². The van der Waals surface area contributed by atoms with Crippen molar-refractivity contribution in [2.45, 2.75) is 18.9 Å². The van der Waals surface area contributed by atoms with E-state index in [0.717, 1.165) is 5.82 Å². The van der Waals surface area contributed by atoms with Gasteiger partial charge < -0.3 is 4.90 Å². The third kappa shape index (κ3) is 2.12. The predicted molar refractivity (Wildman–Crippen MR) is 63.2 cm³/mol. The van der Waals surface area contributed by atoms with E-state index < -0.39 is 0 Å². The van der Waals surface area contributed by atoms with Crippen LogP contribution in [-0.4, -0.2) is 37.6 Å². The summed E-state index contributed by atoms with van der Waals surface area (Å²) in [5.41, 5.74) is 1.40. The third-order valence-electron chi connectivity index (χ3n) is 3.13. The highest BCUT2D eigenvalue weighted by Crippen LogP contribution is 2.31. The lowest BCUT2D eigenvalue weighted by atomic mass is 10.1. The highest BCUT2D eigenvalue weighted by molar-refractivity contribution is 5.40. The molecule has 15 heavy (non-hydrogen) atoms. The molecule has 0 bridgehead atoms. The van der Waals surface area contributed by atoms with Crippen LogP contribution in [0.1, 0.15) is 24.4 Å². The number of likely N-dealkylation sites (tertiary alicyclic amines) is 1. The first-order chi connectivity index (χ1) is 7.18. The average Bonchev–Trinajstić information content (AvgIpc) is 2.64. The smallest absolute Gasteiger partial charge is 0.128 e. The highest BCUT2D eigenvalue weighted by Gasteiger charge is 2.22. The number of nitrogens with zero attached hydrogens (tertiary/aromatic N) is 3. The van der Waals surface area contributed by atoms with Gasteiger partial charge in [0.25, 0.3) is 0 Å². The van der Waals surface area contributed by atoms with Gasteiger partial charge in [-0.05, 0) is 44.1 Å². The van der Waals surface area contributed by atoms with Gasteiger partial charge in [0, 0.05) is 26.3 Å². The van der Waals surface area contributed by atoms with E-state index in [1.54, 1.807) is 0 Å². The Morgan fingerprint density at radius 2 is 2.27 bits per heavy atom. The zero-order valence-electron chi connectivity index (χ0n) is 9.77. The quantitative estimate of drug-likeness (QED) is 0.735. The molecule has 0 radical (unpaired) electrons. The zero-order valence-corrected chi connectivity index (χ0v) is 9.77. The average molecular weight is 205 g/mol. The number of aromatic nitrogens is 1. The van der Waals surface area contributed by atoms with E-state index >= 15 is 0 Å². The fourth-order valence-corrected chi connectivity index (χ4v) is 2.22. The topological polar surface area (TPSA) is 19.4 Å². The zero-order chi connectivity index (χ0) is 10.8. The largest absolute Gasteiger partial charge is 0.363 e. The molecule has 3 heteroatoms. The summed E-state index contributed by atoms with van der Waals surface area (Å²) in [6.45, 7) is 1.21. The number of pyridine rings is 1. The number of anilines is 1. The van der Waals surface area contributed by atoms with Crippen molar-refractivity contribution < 1.29 is 0 Å². The van der Waals surface area contributed by atoms with Crippen molar-refractivity contribution in [1.29, 1.82) is 0 Å². The van der Waals surface area contributed by atoms with Crippen LogP contribution in [0.2, 0.25) is 0 Å². The summed E-state index contributed by atoms with van der Waals surface area (Å²) in [6.07, 6.45) is 4.49. The Morgan fingerprint density at radius 1 is 1.47 bits per heavy atom. The number of rotatable bonds is 2. The van der Waals surface area contributed by atoms with Crippen LogP contribution >= 0.6 is 0 Å². The van der Waals surface area contributed by atoms with E-state index in [0.29, 0.717) is 6.04 Å². The Kier molecular flexibility index (Phi) is 2.91. The SMILES string of the molecule is CN(C)c1cc(C2CCCN2C)ccn1. The molecule has 1 aliphatic rings. The molecule has 2 rings (SSSR count). The number of hydrogen-bond donors (Lipinski definition) is 0. The molecule has 0 saturated carbocycles. The third-order valence-corrected chi connectivity index (χ3v) is 3.13. The van der Waals surface area contributed by atoms with Crippen LogP contribution in [0.3, 0.4) is 0 Å². The maximum atomic E-state index is 4.34. The first-order valence-corrected chi connectivity index (χ1v) is 5.52. The Hall–Kier alpha value is -1.09. The molecule has 1 unspecified atom stereocenters. The second-order valence-electron chi connectivity index (χ2n) is 4.48. The molecule has 0 amide bonds. The van der Waals surface area contributed by atoms with Crippen molar-refractivity contribution >= 4 is 5.82 Å². The Labute approximate surface area is 91.7 Å². The molecule has 1 aromatic heterocycles. The minimum Gasteiger partial charge on any atom is -0.363 e. The summed E-state index contributed by atoms with van der Waals surface area (Å²) in [5, 5.41) is 0. The van der Waals surface area contributed by atoms with Crippen molar-refractivity contribution in [3.05, 3.63) is 23.9 Å². The van der Waals surface area contributed by atoms with E-state index in [-0.39, 0.29) is 0 Å². The Balaban J connectivity index is 2.24. The summed E-state index contributed by atoms with van der Waals surface area (Å²) < 4.78 is 0. The van der Waals surface area contributed by atoms with Crippen LogP contribution in [0.5, 0.6) is 0 Å². The van der Waals surface area contributed by atoms with Gasteiger partial charge in [-0.3, -0.25) is 4.90 Å². The number of hydrogen-bond acceptors (Lipinski definition) is 3. The molecule has 0 aliphatic carbocycles. The normalized spacial score (nSPS) is 21.9. The maximum absolute atomic E-state index is 4.34. The van der Waals surface area contributed by atoms with Crippen molar-refractivity contribution in [3.8, 4) is 0 Å². The van der Waals surface area contributed by atoms with Gasteiger partial charge in [0.15, 0.2) is 0 Å². The molecule has 0 aromatic carbocycles. The van der Waals surface area contributed by atoms with E-state index in [4.69, 9.17) is 0 Å². The van der Waals surface area contributed by atoms with Crippen LogP contribution < -0.4 is 4.90 Å². The van der Waals surface area contributed by atoms with Gasteiger partial charge in [-0.15, -0.1) is 0 Å². The van der Waals surface area contributed by atoms with Crippen molar-refractivity contribution in [2.75, 3.05) is 32.6 Å². The lowest BCUT2D eigenvalue weighted by molar-refractivity contribution is 0.317. The van der Waals surface area contributed by atoms with Gasteiger partial charge in [-0.1, -0.05) is 0 Å². The van der Waals surface area contributed by atoms with E-state index in [1.807, 2.05) is 20.3 Å². The second kappa shape index (κ2) is 4.19. The lowest BCUT2D eigenvalue weighted by Crippen LogP contribution is -2.18. The van der Waals surface area contributed by atoms with E-state index in [2.05, 4.69) is 34.0 Å². The molecule has 1 saturated heterocycles. The summed E-state index contributed by atoms with van der Waals surface area (Å²) in [6, 6.07) is 4.93. The maximum Gasteiger partial charge on any atom is 0.128 e. The molecule has 1 fully saturated rings. The standard InChI is InChI=1S/C12H19N3/c1-14(2)12-9-10(6-7-13-12)11-5-4-8-15(11)3/h6-7,9,11H,4-5,8H2,1-3H3. The molecule has 1 aliphatic heterocycles. The summed E-state index contributed by atoms with van der Waals surface area (Å²) in [4.78, 5) is 8.82. The minimum atomic E-state index is 0.590. The van der Waals surface area contributed by atoms with Gasteiger partial charge >= 0.3 is 0 Å². The van der Waals surface area contributed by atoms with Gasteiger partial charge in [-0.25, -0.2) is 4.98 Å². The van der Waals surface area contributed by atoms with Gasteiger partial charge in [-0.2, -0.15) is 0 Å². The van der Waals surface area contributed by atoms with Crippen molar-refractivity contribution in [1.82, 2.24) is 9.88 Å². The van der Waals surface area contributed by atoms with Gasteiger partial charge in [0.1, 0.15) is 5.82 Å². The summed E-state index contributed by atoms with van der Waals surface area (Å²) in [7, 11) is 6.27. The Bertz CT molecular complexity index is 335. The predicted octanol–water partition coefficient (Wildman–Crippen LogP) is 1.91.